The number of carbonyl (C=O) groups is 1. The SMILES string of the molecule is CCC1(CO)CCN(C(=O)c2sc3ccc(F)cc3c2C)CC1. The van der Waals surface area contributed by atoms with Crippen molar-refractivity contribution < 1.29 is 14.3 Å². The third kappa shape index (κ3) is 2.88. The number of hydrogen-bond acceptors (Lipinski definition) is 3. The van der Waals surface area contributed by atoms with Gasteiger partial charge < -0.3 is 10.0 Å². The number of rotatable bonds is 3. The number of fused-ring (bicyclic) bond motifs is 1. The lowest BCUT2D eigenvalue weighted by molar-refractivity contribution is 0.0340. The van der Waals surface area contributed by atoms with E-state index in [1.54, 1.807) is 6.07 Å². The maximum Gasteiger partial charge on any atom is 0.264 e. The summed E-state index contributed by atoms with van der Waals surface area (Å²) in [6, 6.07) is 4.68. The van der Waals surface area contributed by atoms with Gasteiger partial charge in [-0.3, -0.25) is 4.79 Å². The van der Waals surface area contributed by atoms with Crippen LogP contribution in [-0.2, 0) is 0 Å². The second-order valence-corrected chi connectivity index (χ2v) is 7.55. The van der Waals surface area contributed by atoms with Gasteiger partial charge in [-0.2, -0.15) is 0 Å². The zero-order valence-corrected chi connectivity index (χ0v) is 14.4. The van der Waals surface area contributed by atoms with Crippen molar-refractivity contribution in [3.63, 3.8) is 0 Å². The summed E-state index contributed by atoms with van der Waals surface area (Å²) in [5, 5.41) is 10.4. The molecule has 3 rings (SSSR count). The van der Waals surface area contributed by atoms with Gasteiger partial charge in [0.25, 0.3) is 5.91 Å². The Bertz CT molecular complexity index is 726. The van der Waals surface area contributed by atoms with E-state index in [9.17, 15) is 14.3 Å². The maximum atomic E-state index is 13.4. The number of carbonyl (C=O) groups excluding carboxylic acids is 1. The number of benzene rings is 1. The van der Waals surface area contributed by atoms with Gasteiger partial charge in [0.05, 0.1) is 4.88 Å². The largest absolute Gasteiger partial charge is 0.396 e. The van der Waals surface area contributed by atoms with Crippen LogP contribution < -0.4 is 0 Å². The highest BCUT2D eigenvalue weighted by atomic mass is 32.1. The van der Waals surface area contributed by atoms with Gasteiger partial charge in [0, 0.05) is 24.4 Å². The number of thiophene rings is 1. The van der Waals surface area contributed by atoms with Gasteiger partial charge in [0.15, 0.2) is 0 Å². The normalized spacial score (nSPS) is 17.7. The van der Waals surface area contributed by atoms with Crippen LogP contribution in [0.4, 0.5) is 4.39 Å². The fourth-order valence-corrected chi connectivity index (χ4v) is 4.51. The highest BCUT2D eigenvalue weighted by Crippen LogP contribution is 2.37. The molecule has 1 aromatic carbocycles. The number of aryl methyl sites for hydroxylation is 1. The summed E-state index contributed by atoms with van der Waals surface area (Å²) in [7, 11) is 0. The molecule has 1 aromatic heterocycles. The van der Waals surface area contributed by atoms with Crippen molar-refractivity contribution in [3.8, 4) is 0 Å². The summed E-state index contributed by atoms with van der Waals surface area (Å²) in [4.78, 5) is 15.4. The molecule has 1 saturated heterocycles. The van der Waals surface area contributed by atoms with E-state index >= 15 is 0 Å². The molecule has 1 N–H and O–H groups in total. The number of amides is 1. The first-order valence-electron chi connectivity index (χ1n) is 8.08. The van der Waals surface area contributed by atoms with E-state index in [1.807, 2.05) is 11.8 Å². The molecule has 2 aromatic rings. The topological polar surface area (TPSA) is 40.5 Å². The highest BCUT2D eigenvalue weighted by Gasteiger charge is 2.34. The van der Waals surface area contributed by atoms with E-state index in [1.165, 1.54) is 23.5 Å². The molecular formula is C18H22FNO2S. The summed E-state index contributed by atoms with van der Waals surface area (Å²) >= 11 is 1.44. The minimum atomic E-state index is -0.272. The number of piperidine rings is 1. The quantitative estimate of drug-likeness (QED) is 0.922. The number of likely N-dealkylation sites (tertiary alicyclic amines) is 1. The first-order chi connectivity index (χ1) is 11.0. The smallest absolute Gasteiger partial charge is 0.264 e. The lowest BCUT2D eigenvalue weighted by Gasteiger charge is -2.40. The van der Waals surface area contributed by atoms with Crippen LogP contribution >= 0.6 is 11.3 Å². The molecule has 1 fully saturated rings. The number of aliphatic hydroxyl groups excluding tert-OH is 1. The van der Waals surface area contributed by atoms with Crippen molar-refractivity contribution in [1.29, 1.82) is 0 Å². The van der Waals surface area contributed by atoms with Crippen molar-refractivity contribution in [3.05, 3.63) is 34.5 Å². The number of halogens is 1. The zero-order valence-electron chi connectivity index (χ0n) is 13.6. The van der Waals surface area contributed by atoms with Gasteiger partial charge in [0.1, 0.15) is 5.82 Å². The van der Waals surface area contributed by atoms with Crippen molar-refractivity contribution in [1.82, 2.24) is 4.90 Å². The Kier molecular flexibility index (Phi) is 4.43. The van der Waals surface area contributed by atoms with Crippen LogP contribution in [0.2, 0.25) is 0 Å². The molecule has 0 aliphatic carbocycles. The molecule has 1 amide bonds. The van der Waals surface area contributed by atoms with Crippen LogP contribution in [0.5, 0.6) is 0 Å². The molecule has 5 heteroatoms. The Morgan fingerprint density at radius 3 is 2.70 bits per heavy atom. The first-order valence-corrected chi connectivity index (χ1v) is 8.90. The first kappa shape index (κ1) is 16.4. The molecule has 3 nitrogen and oxygen atoms in total. The molecule has 23 heavy (non-hydrogen) atoms. The number of nitrogens with zero attached hydrogens (tertiary/aromatic N) is 1. The highest BCUT2D eigenvalue weighted by molar-refractivity contribution is 7.21. The van der Waals surface area contributed by atoms with Gasteiger partial charge >= 0.3 is 0 Å². The monoisotopic (exact) mass is 335 g/mol. The molecule has 0 saturated carbocycles. The van der Waals surface area contributed by atoms with E-state index in [2.05, 4.69) is 6.92 Å². The van der Waals surface area contributed by atoms with Crippen LogP contribution in [0, 0.1) is 18.2 Å². The molecule has 0 bridgehead atoms. The summed E-state index contributed by atoms with van der Waals surface area (Å²) in [5.74, 6) is -0.238. The Morgan fingerprint density at radius 2 is 2.09 bits per heavy atom. The maximum absolute atomic E-state index is 13.4. The van der Waals surface area contributed by atoms with Crippen molar-refractivity contribution in [2.75, 3.05) is 19.7 Å². The fraction of sp³-hybridized carbons (Fsp3) is 0.500. The lowest BCUT2D eigenvalue weighted by Crippen LogP contribution is -2.44. The van der Waals surface area contributed by atoms with E-state index in [0.29, 0.717) is 18.0 Å². The third-order valence-electron chi connectivity index (χ3n) is 5.29. The predicted octanol–water partition coefficient (Wildman–Crippen LogP) is 3.97. The summed E-state index contributed by atoms with van der Waals surface area (Å²) in [5.41, 5.74) is 0.832. The Balaban J connectivity index is 1.83. The van der Waals surface area contributed by atoms with E-state index in [-0.39, 0.29) is 23.7 Å². The lowest BCUT2D eigenvalue weighted by atomic mass is 9.77. The van der Waals surface area contributed by atoms with E-state index < -0.39 is 0 Å². The number of hydrogen-bond donors (Lipinski definition) is 1. The van der Waals surface area contributed by atoms with E-state index in [0.717, 1.165) is 34.9 Å². The Morgan fingerprint density at radius 1 is 1.39 bits per heavy atom. The van der Waals surface area contributed by atoms with Crippen LogP contribution in [0.15, 0.2) is 18.2 Å². The van der Waals surface area contributed by atoms with Crippen molar-refractivity contribution in [2.24, 2.45) is 5.41 Å². The fourth-order valence-electron chi connectivity index (χ4n) is 3.35. The second-order valence-electron chi connectivity index (χ2n) is 6.50. The van der Waals surface area contributed by atoms with Crippen LogP contribution in [0.25, 0.3) is 10.1 Å². The summed E-state index contributed by atoms with van der Waals surface area (Å²) in [6.45, 7) is 5.52. The minimum absolute atomic E-state index is 0.0326. The molecular weight excluding hydrogens is 313 g/mol. The molecule has 1 aliphatic heterocycles. The second kappa shape index (κ2) is 6.21. The average Bonchev–Trinajstić information content (AvgIpc) is 2.91. The zero-order chi connectivity index (χ0) is 16.6. The number of aliphatic hydroxyl groups is 1. The molecule has 0 radical (unpaired) electrons. The molecule has 2 heterocycles. The Hall–Kier alpha value is -1.46. The summed E-state index contributed by atoms with van der Waals surface area (Å²) in [6.07, 6.45) is 2.61. The van der Waals surface area contributed by atoms with Gasteiger partial charge in [-0.25, -0.2) is 4.39 Å². The van der Waals surface area contributed by atoms with Crippen LogP contribution in [0.3, 0.4) is 0 Å². The third-order valence-corrected chi connectivity index (χ3v) is 6.55. The molecule has 0 spiro atoms. The van der Waals surface area contributed by atoms with Crippen molar-refractivity contribution >= 4 is 27.3 Å². The standard InChI is InChI=1S/C18H22FNO2S/c1-3-18(11-21)6-8-20(9-7-18)17(22)16-12(2)14-10-13(19)4-5-15(14)23-16/h4-5,10,21H,3,6-9,11H2,1-2H3. The minimum Gasteiger partial charge on any atom is -0.396 e. The van der Waals surface area contributed by atoms with Gasteiger partial charge in [0.2, 0.25) is 0 Å². The van der Waals surface area contributed by atoms with Crippen LogP contribution in [0.1, 0.15) is 41.4 Å². The van der Waals surface area contributed by atoms with Gasteiger partial charge in [-0.1, -0.05) is 6.92 Å². The Labute approximate surface area is 139 Å². The molecule has 0 atom stereocenters. The summed E-state index contributed by atoms with van der Waals surface area (Å²) < 4.78 is 14.4. The predicted molar refractivity (Wildman–Crippen MR) is 91.5 cm³/mol. The van der Waals surface area contributed by atoms with Gasteiger partial charge in [-0.05, 0) is 60.7 Å². The average molecular weight is 335 g/mol. The molecule has 0 unspecified atom stereocenters. The van der Waals surface area contributed by atoms with E-state index in [4.69, 9.17) is 0 Å². The van der Waals surface area contributed by atoms with Gasteiger partial charge in [-0.15, -0.1) is 11.3 Å². The molecule has 124 valence electrons. The van der Waals surface area contributed by atoms with Crippen LogP contribution in [-0.4, -0.2) is 35.6 Å². The van der Waals surface area contributed by atoms with Crippen molar-refractivity contribution in [2.45, 2.75) is 33.1 Å². The molecule has 1 aliphatic rings.